The van der Waals surface area contributed by atoms with Crippen LogP contribution in [-0.2, 0) is 19.1 Å². The molecule has 7 nitrogen and oxygen atoms in total. The Kier molecular flexibility index (Phi) is 8.46. The number of esters is 1. The molecule has 1 unspecified atom stereocenters. The van der Waals surface area contributed by atoms with Crippen LogP contribution < -0.4 is 10.1 Å². The number of hydrogen-bond acceptors (Lipinski definition) is 5. The van der Waals surface area contributed by atoms with E-state index >= 15 is 0 Å². The number of carbonyl (C=O) groups is 3. The van der Waals surface area contributed by atoms with Gasteiger partial charge in [0, 0.05) is 26.6 Å². The van der Waals surface area contributed by atoms with Crippen LogP contribution in [0.4, 0.5) is 0 Å². The Balaban J connectivity index is 2.64. The van der Waals surface area contributed by atoms with E-state index in [0.717, 1.165) is 5.56 Å². The lowest BCUT2D eigenvalue weighted by Crippen LogP contribution is -2.43. The molecule has 7 heteroatoms. The molecule has 1 aromatic carbocycles. The Morgan fingerprint density at radius 2 is 1.84 bits per heavy atom. The van der Waals surface area contributed by atoms with Gasteiger partial charge in [-0.25, -0.2) is 0 Å². The highest BCUT2D eigenvalue weighted by molar-refractivity contribution is 5.79. The summed E-state index contributed by atoms with van der Waals surface area (Å²) in [4.78, 5) is 36.5. The molecule has 0 heterocycles. The number of benzene rings is 1. The Morgan fingerprint density at radius 3 is 2.40 bits per heavy atom. The van der Waals surface area contributed by atoms with E-state index in [2.05, 4.69) is 5.32 Å². The van der Waals surface area contributed by atoms with Gasteiger partial charge in [0.05, 0.1) is 13.0 Å². The molecule has 1 atom stereocenters. The molecule has 0 fully saturated rings. The first kappa shape index (κ1) is 20.5. The van der Waals surface area contributed by atoms with Crippen molar-refractivity contribution in [2.45, 2.75) is 20.8 Å². The minimum atomic E-state index is -0.467. The number of carbonyl (C=O) groups excluding carboxylic acids is 3. The summed E-state index contributed by atoms with van der Waals surface area (Å²) in [7, 11) is 1.31. The minimum Gasteiger partial charge on any atom is -0.484 e. The molecular formula is C18H26N2O5. The van der Waals surface area contributed by atoms with Gasteiger partial charge in [-0.1, -0.05) is 24.6 Å². The molecule has 1 N–H and O–H groups in total. The van der Waals surface area contributed by atoms with Gasteiger partial charge in [0.15, 0.2) is 6.61 Å². The van der Waals surface area contributed by atoms with E-state index < -0.39 is 11.9 Å². The molecule has 0 aliphatic carbocycles. The van der Waals surface area contributed by atoms with Gasteiger partial charge < -0.3 is 19.7 Å². The Labute approximate surface area is 148 Å². The van der Waals surface area contributed by atoms with Gasteiger partial charge in [-0.2, -0.15) is 0 Å². The first-order valence-corrected chi connectivity index (χ1v) is 8.13. The van der Waals surface area contributed by atoms with Crippen molar-refractivity contribution in [1.29, 1.82) is 0 Å². The second-order valence-electron chi connectivity index (χ2n) is 5.85. The van der Waals surface area contributed by atoms with E-state index in [-0.39, 0.29) is 31.5 Å². The predicted octanol–water partition coefficient (Wildman–Crippen LogP) is 1.15. The van der Waals surface area contributed by atoms with Gasteiger partial charge in [-0.05, 0) is 19.1 Å². The fraction of sp³-hybridized carbons (Fsp3) is 0.500. The Morgan fingerprint density at radius 1 is 1.20 bits per heavy atom. The zero-order valence-corrected chi connectivity index (χ0v) is 15.2. The van der Waals surface area contributed by atoms with E-state index in [1.165, 1.54) is 18.9 Å². The van der Waals surface area contributed by atoms with Crippen LogP contribution in [0.2, 0.25) is 0 Å². The number of aryl methyl sites for hydroxylation is 1. The summed E-state index contributed by atoms with van der Waals surface area (Å²) in [6, 6.07) is 7.38. The molecular weight excluding hydrogens is 324 g/mol. The maximum absolute atomic E-state index is 12.4. The van der Waals surface area contributed by atoms with Crippen LogP contribution in [0.25, 0.3) is 0 Å². The van der Waals surface area contributed by atoms with Crippen LogP contribution >= 0.6 is 0 Å². The predicted molar refractivity (Wildman–Crippen MR) is 93.1 cm³/mol. The average Bonchev–Trinajstić information content (AvgIpc) is 2.58. The van der Waals surface area contributed by atoms with Crippen molar-refractivity contribution in [2.75, 3.05) is 33.4 Å². The molecule has 1 aromatic rings. The first-order valence-electron chi connectivity index (χ1n) is 8.13. The minimum absolute atomic E-state index is 0.142. The van der Waals surface area contributed by atoms with Crippen LogP contribution in [0.1, 0.15) is 19.4 Å². The quantitative estimate of drug-likeness (QED) is 0.675. The lowest BCUT2D eigenvalue weighted by Gasteiger charge is -2.25. The monoisotopic (exact) mass is 350 g/mol. The summed E-state index contributed by atoms with van der Waals surface area (Å²) < 4.78 is 10.2. The fourth-order valence-corrected chi connectivity index (χ4v) is 2.16. The van der Waals surface area contributed by atoms with Crippen LogP contribution in [0.5, 0.6) is 5.75 Å². The van der Waals surface area contributed by atoms with Crippen molar-refractivity contribution in [2.24, 2.45) is 5.92 Å². The third kappa shape index (κ3) is 7.69. The molecule has 0 saturated heterocycles. The highest BCUT2D eigenvalue weighted by Gasteiger charge is 2.21. The molecule has 0 radical (unpaired) electrons. The van der Waals surface area contributed by atoms with Gasteiger partial charge in [0.2, 0.25) is 5.91 Å². The molecule has 0 saturated carbocycles. The van der Waals surface area contributed by atoms with E-state index in [1.807, 2.05) is 19.1 Å². The standard InChI is InChI=1S/C18H26N2O5/c1-13-5-7-16(8-6-13)25-12-17(22)20(10-9-19-15(3)21)11-14(2)18(23)24-4/h5-8,14H,9-12H2,1-4H3,(H,19,21). The molecule has 0 aliphatic rings. The number of rotatable bonds is 9. The van der Waals surface area contributed by atoms with Crippen molar-refractivity contribution in [3.63, 3.8) is 0 Å². The number of ether oxygens (including phenoxy) is 2. The van der Waals surface area contributed by atoms with Gasteiger partial charge in [0.1, 0.15) is 5.75 Å². The molecule has 138 valence electrons. The maximum atomic E-state index is 12.4. The van der Waals surface area contributed by atoms with Gasteiger partial charge in [0.25, 0.3) is 5.91 Å². The third-order valence-electron chi connectivity index (χ3n) is 3.59. The number of hydrogen-bond donors (Lipinski definition) is 1. The molecule has 0 bridgehead atoms. The number of nitrogens with one attached hydrogen (secondary N) is 1. The van der Waals surface area contributed by atoms with Gasteiger partial charge in [-0.3, -0.25) is 14.4 Å². The highest BCUT2D eigenvalue weighted by atomic mass is 16.5. The Bertz CT molecular complexity index is 586. The van der Waals surface area contributed by atoms with Crippen LogP contribution in [-0.4, -0.2) is 56.0 Å². The lowest BCUT2D eigenvalue weighted by molar-refractivity contribution is -0.146. The van der Waals surface area contributed by atoms with Crippen LogP contribution in [0.15, 0.2) is 24.3 Å². The number of amides is 2. The summed E-state index contributed by atoms with van der Waals surface area (Å²) in [6.45, 7) is 5.71. The summed E-state index contributed by atoms with van der Waals surface area (Å²) in [5.74, 6) is -0.699. The van der Waals surface area contributed by atoms with E-state index in [9.17, 15) is 14.4 Å². The molecule has 0 spiro atoms. The van der Waals surface area contributed by atoms with Crippen LogP contribution in [0.3, 0.4) is 0 Å². The maximum Gasteiger partial charge on any atom is 0.310 e. The summed E-state index contributed by atoms with van der Waals surface area (Å²) in [5, 5.41) is 2.64. The van der Waals surface area contributed by atoms with Crippen LogP contribution in [0, 0.1) is 12.8 Å². The molecule has 25 heavy (non-hydrogen) atoms. The van der Waals surface area contributed by atoms with E-state index in [4.69, 9.17) is 9.47 Å². The van der Waals surface area contributed by atoms with E-state index in [1.54, 1.807) is 19.1 Å². The zero-order valence-electron chi connectivity index (χ0n) is 15.2. The molecule has 2 amide bonds. The second kappa shape index (κ2) is 10.3. The molecule has 0 aromatic heterocycles. The average molecular weight is 350 g/mol. The Hall–Kier alpha value is -2.57. The largest absolute Gasteiger partial charge is 0.484 e. The lowest BCUT2D eigenvalue weighted by atomic mass is 10.1. The second-order valence-corrected chi connectivity index (χ2v) is 5.85. The zero-order chi connectivity index (χ0) is 18.8. The van der Waals surface area contributed by atoms with E-state index in [0.29, 0.717) is 12.3 Å². The highest BCUT2D eigenvalue weighted by Crippen LogP contribution is 2.12. The summed E-state index contributed by atoms with van der Waals surface area (Å²) in [5.41, 5.74) is 1.10. The fourth-order valence-electron chi connectivity index (χ4n) is 2.16. The van der Waals surface area contributed by atoms with Crippen molar-refractivity contribution in [3.05, 3.63) is 29.8 Å². The van der Waals surface area contributed by atoms with Crippen molar-refractivity contribution >= 4 is 17.8 Å². The number of methoxy groups -OCH3 is 1. The summed E-state index contributed by atoms with van der Waals surface area (Å²) >= 11 is 0. The van der Waals surface area contributed by atoms with Gasteiger partial charge in [-0.15, -0.1) is 0 Å². The number of nitrogens with zero attached hydrogens (tertiary/aromatic N) is 1. The first-order chi connectivity index (χ1) is 11.8. The van der Waals surface area contributed by atoms with Crippen molar-refractivity contribution in [3.8, 4) is 5.75 Å². The molecule has 1 rings (SSSR count). The normalized spacial score (nSPS) is 11.4. The summed E-state index contributed by atoms with van der Waals surface area (Å²) in [6.07, 6.45) is 0. The smallest absolute Gasteiger partial charge is 0.310 e. The molecule has 0 aliphatic heterocycles. The van der Waals surface area contributed by atoms with Crippen molar-refractivity contribution < 1.29 is 23.9 Å². The SMILES string of the molecule is COC(=O)C(C)CN(CCNC(C)=O)C(=O)COc1ccc(C)cc1. The third-order valence-corrected chi connectivity index (χ3v) is 3.59. The van der Waals surface area contributed by atoms with Crippen molar-refractivity contribution in [1.82, 2.24) is 10.2 Å². The van der Waals surface area contributed by atoms with Gasteiger partial charge >= 0.3 is 5.97 Å². The topological polar surface area (TPSA) is 84.9 Å².